The van der Waals surface area contributed by atoms with Crippen LogP contribution in [0.15, 0.2) is 18.2 Å². The number of halogens is 2. The van der Waals surface area contributed by atoms with Gasteiger partial charge in [0.1, 0.15) is 11.6 Å². The van der Waals surface area contributed by atoms with E-state index in [1.807, 2.05) is 4.57 Å². The summed E-state index contributed by atoms with van der Waals surface area (Å²) in [7, 11) is 0. The fourth-order valence-corrected chi connectivity index (χ4v) is 2.13. The van der Waals surface area contributed by atoms with Crippen LogP contribution in [0.5, 0.6) is 0 Å². The highest BCUT2D eigenvalue weighted by Crippen LogP contribution is 2.29. The molecule has 2 rings (SSSR count). The van der Waals surface area contributed by atoms with Gasteiger partial charge in [0.05, 0.1) is 11.6 Å². The molecule has 0 radical (unpaired) electrons. The van der Waals surface area contributed by atoms with Gasteiger partial charge in [0.25, 0.3) is 0 Å². The zero-order valence-electron chi connectivity index (χ0n) is 10.9. The molecule has 0 bridgehead atoms. The van der Waals surface area contributed by atoms with Crippen molar-refractivity contribution in [2.75, 3.05) is 0 Å². The molecule has 0 unspecified atom stereocenters. The number of hydrogen-bond donors (Lipinski definition) is 1. The first-order valence-electron chi connectivity index (χ1n) is 6.11. The maximum atomic E-state index is 13.5. The molecule has 19 heavy (non-hydrogen) atoms. The fraction of sp³-hybridized carbons (Fsp3) is 0.385. The number of hydrogen-bond acceptors (Lipinski definition) is 3. The third-order valence-corrected chi connectivity index (χ3v) is 3.13. The van der Waals surface area contributed by atoms with Crippen molar-refractivity contribution in [3.63, 3.8) is 0 Å². The Hall–Kier alpha value is -1.46. The Balaban J connectivity index is 2.55. The van der Waals surface area contributed by atoms with Crippen LogP contribution in [0.25, 0.3) is 11.4 Å². The SMILES string of the molecule is CC(C)Cn1c(CN)nnc1-c1cccc(F)c1Cl. The molecule has 102 valence electrons. The Morgan fingerprint density at radius 1 is 1.37 bits per heavy atom. The molecule has 4 nitrogen and oxygen atoms in total. The molecule has 0 aliphatic carbocycles. The van der Waals surface area contributed by atoms with Gasteiger partial charge in [-0.15, -0.1) is 10.2 Å². The molecule has 1 aromatic heterocycles. The van der Waals surface area contributed by atoms with Gasteiger partial charge in [0, 0.05) is 12.1 Å². The molecule has 2 aromatic rings. The number of benzene rings is 1. The first kappa shape index (κ1) is 14.0. The Morgan fingerprint density at radius 2 is 2.11 bits per heavy atom. The Kier molecular flexibility index (Phi) is 4.17. The summed E-state index contributed by atoms with van der Waals surface area (Å²) in [5.41, 5.74) is 6.19. The molecule has 1 aromatic carbocycles. The van der Waals surface area contributed by atoms with Crippen LogP contribution < -0.4 is 5.73 Å². The van der Waals surface area contributed by atoms with Gasteiger partial charge in [-0.25, -0.2) is 4.39 Å². The van der Waals surface area contributed by atoms with Crippen molar-refractivity contribution in [3.05, 3.63) is 34.9 Å². The average molecular weight is 283 g/mol. The average Bonchev–Trinajstić information content (AvgIpc) is 2.75. The van der Waals surface area contributed by atoms with E-state index in [-0.39, 0.29) is 11.6 Å². The first-order chi connectivity index (χ1) is 9.04. The predicted molar refractivity (Wildman–Crippen MR) is 73.2 cm³/mol. The van der Waals surface area contributed by atoms with Crippen LogP contribution in [0.3, 0.4) is 0 Å². The monoisotopic (exact) mass is 282 g/mol. The summed E-state index contributed by atoms with van der Waals surface area (Å²) in [6.07, 6.45) is 0. The molecule has 2 N–H and O–H groups in total. The second-order valence-electron chi connectivity index (χ2n) is 4.75. The van der Waals surface area contributed by atoms with E-state index in [0.29, 0.717) is 29.7 Å². The third kappa shape index (κ3) is 2.77. The summed E-state index contributed by atoms with van der Waals surface area (Å²) in [5, 5.41) is 8.19. The van der Waals surface area contributed by atoms with Gasteiger partial charge in [0.15, 0.2) is 5.82 Å². The second kappa shape index (κ2) is 5.67. The summed E-state index contributed by atoms with van der Waals surface area (Å²) >= 11 is 6.00. The summed E-state index contributed by atoms with van der Waals surface area (Å²) in [6.45, 7) is 5.16. The quantitative estimate of drug-likeness (QED) is 0.938. The van der Waals surface area contributed by atoms with Crippen molar-refractivity contribution >= 4 is 11.6 Å². The molecule has 6 heteroatoms. The van der Waals surface area contributed by atoms with Gasteiger partial charge < -0.3 is 10.3 Å². The molecular weight excluding hydrogens is 267 g/mol. The molecule has 0 spiro atoms. The largest absolute Gasteiger partial charge is 0.324 e. The highest BCUT2D eigenvalue weighted by atomic mass is 35.5. The summed E-state index contributed by atoms with van der Waals surface area (Å²) in [4.78, 5) is 0. The Labute approximate surface area is 116 Å². The van der Waals surface area contributed by atoms with Crippen LogP contribution in [0.1, 0.15) is 19.7 Å². The standard InChI is InChI=1S/C13H16ClFN4/c1-8(2)7-19-11(6-16)17-18-13(19)9-4-3-5-10(15)12(9)14/h3-5,8H,6-7,16H2,1-2H3. The molecule has 1 heterocycles. The van der Waals surface area contributed by atoms with Crippen molar-refractivity contribution in [2.24, 2.45) is 11.7 Å². The van der Waals surface area contributed by atoms with Crippen molar-refractivity contribution in [1.29, 1.82) is 0 Å². The van der Waals surface area contributed by atoms with Crippen LogP contribution >= 0.6 is 11.6 Å². The minimum absolute atomic E-state index is 0.0588. The van der Waals surface area contributed by atoms with Crippen LogP contribution in [-0.2, 0) is 13.1 Å². The van der Waals surface area contributed by atoms with Crippen LogP contribution in [0, 0.1) is 11.7 Å². The van der Waals surface area contributed by atoms with E-state index >= 15 is 0 Å². The highest BCUT2D eigenvalue weighted by Gasteiger charge is 2.17. The van der Waals surface area contributed by atoms with E-state index in [1.54, 1.807) is 12.1 Å². The van der Waals surface area contributed by atoms with E-state index < -0.39 is 5.82 Å². The molecule has 0 amide bonds. The number of aromatic nitrogens is 3. The van der Waals surface area contributed by atoms with Crippen LogP contribution in [0.2, 0.25) is 5.02 Å². The molecule has 0 atom stereocenters. The van der Waals surface area contributed by atoms with E-state index in [4.69, 9.17) is 17.3 Å². The highest BCUT2D eigenvalue weighted by molar-refractivity contribution is 6.33. The molecule has 0 fully saturated rings. The van der Waals surface area contributed by atoms with Gasteiger partial charge in [-0.05, 0) is 18.1 Å². The van der Waals surface area contributed by atoms with Crippen LogP contribution in [-0.4, -0.2) is 14.8 Å². The Morgan fingerprint density at radius 3 is 2.74 bits per heavy atom. The lowest BCUT2D eigenvalue weighted by atomic mass is 10.1. The van der Waals surface area contributed by atoms with Gasteiger partial charge in [0.2, 0.25) is 0 Å². The number of nitrogens with two attached hydrogens (primary N) is 1. The van der Waals surface area contributed by atoms with Gasteiger partial charge in [-0.1, -0.05) is 31.5 Å². The topological polar surface area (TPSA) is 56.7 Å². The fourth-order valence-electron chi connectivity index (χ4n) is 1.92. The second-order valence-corrected chi connectivity index (χ2v) is 5.13. The predicted octanol–water partition coefficient (Wildman–Crippen LogP) is 2.85. The molecule has 0 aliphatic rings. The Bertz CT molecular complexity index is 580. The molecular formula is C13H16ClFN4. The van der Waals surface area contributed by atoms with E-state index in [2.05, 4.69) is 24.0 Å². The molecule has 0 saturated carbocycles. The van der Waals surface area contributed by atoms with E-state index in [0.717, 1.165) is 0 Å². The normalized spacial score (nSPS) is 11.3. The number of nitrogens with zero attached hydrogens (tertiary/aromatic N) is 3. The van der Waals surface area contributed by atoms with E-state index in [1.165, 1.54) is 6.07 Å². The van der Waals surface area contributed by atoms with Crippen molar-refractivity contribution in [2.45, 2.75) is 26.9 Å². The zero-order valence-corrected chi connectivity index (χ0v) is 11.7. The lowest BCUT2D eigenvalue weighted by Crippen LogP contribution is -2.13. The maximum Gasteiger partial charge on any atom is 0.165 e. The zero-order chi connectivity index (χ0) is 14.0. The number of rotatable bonds is 4. The minimum Gasteiger partial charge on any atom is -0.324 e. The summed E-state index contributed by atoms with van der Waals surface area (Å²) < 4.78 is 15.4. The first-order valence-corrected chi connectivity index (χ1v) is 6.49. The van der Waals surface area contributed by atoms with Gasteiger partial charge >= 0.3 is 0 Å². The summed E-state index contributed by atoms with van der Waals surface area (Å²) in [5.74, 6) is 1.16. The van der Waals surface area contributed by atoms with Crippen molar-refractivity contribution in [1.82, 2.24) is 14.8 Å². The lowest BCUT2D eigenvalue weighted by molar-refractivity contribution is 0.510. The van der Waals surface area contributed by atoms with Crippen molar-refractivity contribution in [3.8, 4) is 11.4 Å². The van der Waals surface area contributed by atoms with E-state index in [9.17, 15) is 4.39 Å². The van der Waals surface area contributed by atoms with Crippen molar-refractivity contribution < 1.29 is 4.39 Å². The smallest absolute Gasteiger partial charge is 0.165 e. The summed E-state index contributed by atoms with van der Waals surface area (Å²) in [6, 6.07) is 4.65. The minimum atomic E-state index is -0.465. The lowest BCUT2D eigenvalue weighted by Gasteiger charge is -2.12. The van der Waals surface area contributed by atoms with Crippen LogP contribution in [0.4, 0.5) is 4.39 Å². The third-order valence-electron chi connectivity index (χ3n) is 2.75. The molecule has 0 saturated heterocycles. The van der Waals surface area contributed by atoms with Gasteiger partial charge in [-0.3, -0.25) is 0 Å². The van der Waals surface area contributed by atoms with Gasteiger partial charge in [-0.2, -0.15) is 0 Å². The molecule has 0 aliphatic heterocycles. The maximum absolute atomic E-state index is 13.5.